The Bertz CT molecular complexity index is 1210. The second-order valence-electron chi connectivity index (χ2n) is 6.82. The van der Waals surface area contributed by atoms with Gasteiger partial charge in [0.25, 0.3) is 15.9 Å². The molecule has 9 heteroatoms. The summed E-state index contributed by atoms with van der Waals surface area (Å²) in [4.78, 5) is 13.8. The molecule has 3 aromatic rings. The lowest BCUT2D eigenvalue weighted by Crippen LogP contribution is -2.39. The van der Waals surface area contributed by atoms with Crippen LogP contribution < -0.4 is 9.73 Å². The van der Waals surface area contributed by atoms with Gasteiger partial charge in [0.2, 0.25) is 0 Å². The van der Waals surface area contributed by atoms with E-state index in [0.717, 1.165) is 20.3 Å². The zero-order valence-electron chi connectivity index (χ0n) is 17.5. The summed E-state index contributed by atoms with van der Waals surface area (Å²) in [6.07, 6.45) is 3.49. The van der Waals surface area contributed by atoms with Crippen LogP contribution in [0.15, 0.2) is 87.7 Å². The molecule has 0 atom stereocenters. The number of hydrogen-bond acceptors (Lipinski definition) is 5. The topological polar surface area (TPSA) is 78.8 Å². The lowest BCUT2D eigenvalue weighted by Gasteiger charge is -2.24. The SMILES string of the molecule is CSc1ccc(/C=N\NC(=O)CN(c2ccc(C)c(Cl)c2)S(=O)(=O)c2ccccc2)cc1. The Morgan fingerprint density at radius 3 is 2.41 bits per heavy atom. The molecule has 0 bridgehead atoms. The predicted octanol–water partition coefficient (Wildman–Crippen LogP) is 4.72. The van der Waals surface area contributed by atoms with E-state index in [1.54, 1.807) is 42.1 Å². The highest BCUT2D eigenvalue weighted by Gasteiger charge is 2.27. The first-order chi connectivity index (χ1) is 15.3. The number of nitrogens with zero attached hydrogens (tertiary/aromatic N) is 2. The van der Waals surface area contributed by atoms with Crippen molar-refractivity contribution in [1.29, 1.82) is 0 Å². The Balaban J connectivity index is 1.82. The third-order valence-electron chi connectivity index (χ3n) is 4.58. The maximum atomic E-state index is 13.3. The predicted molar refractivity (Wildman–Crippen MR) is 131 cm³/mol. The van der Waals surface area contributed by atoms with Crippen molar-refractivity contribution < 1.29 is 13.2 Å². The number of carbonyl (C=O) groups excluding carboxylic acids is 1. The van der Waals surface area contributed by atoms with Crippen molar-refractivity contribution >= 4 is 51.2 Å². The van der Waals surface area contributed by atoms with Crippen LogP contribution in [0.25, 0.3) is 0 Å². The smallest absolute Gasteiger partial charge is 0.264 e. The first-order valence-electron chi connectivity index (χ1n) is 9.61. The van der Waals surface area contributed by atoms with Gasteiger partial charge in [-0.05, 0) is 60.7 Å². The Morgan fingerprint density at radius 2 is 1.78 bits per heavy atom. The quantitative estimate of drug-likeness (QED) is 0.283. The van der Waals surface area contributed by atoms with Gasteiger partial charge >= 0.3 is 0 Å². The average molecular weight is 488 g/mol. The van der Waals surface area contributed by atoms with Gasteiger partial charge in [-0.2, -0.15) is 5.10 Å². The number of carbonyl (C=O) groups is 1. The largest absolute Gasteiger partial charge is 0.271 e. The van der Waals surface area contributed by atoms with E-state index in [0.29, 0.717) is 5.02 Å². The van der Waals surface area contributed by atoms with Crippen LogP contribution in [0, 0.1) is 6.92 Å². The summed E-state index contributed by atoms with van der Waals surface area (Å²) in [6, 6.07) is 20.4. The third kappa shape index (κ3) is 5.91. The summed E-state index contributed by atoms with van der Waals surface area (Å²) < 4.78 is 27.6. The van der Waals surface area contributed by atoms with Crippen molar-refractivity contribution in [3.63, 3.8) is 0 Å². The average Bonchev–Trinajstić information content (AvgIpc) is 2.80. The molecule has 1 N–H and O–H groups in total. The molecular formula is C23H22ClN3O3S2. The molecule has 0 aliphatic heterocycles. The van der Waals surface area contributed by atoms with Crippen LogP contribution in [0.4, 0.5) is 5.69 Å². The van der Waals surface area contributed by atoms with Gasteiger partial charge < -0.3 is 0 Å². The zero-order valence-corrected chi connectivity index (χ0v) is 19.9. The van der Waals surface area contributed by atoms with Gasteiger partial charge in [0.05, 0.1) is 16.8 Å². The normalized spacial score (nSPS) is 11.5. The van der Waals surface area contributed by atoms with Crippen molar-refractivity contribution in [2.24, 2.45) is 5.10 Å². The molecule has 0 saturated heterocycles. The lowest BCUT2D eigenvalue weighted by molar-refractivity contribution is -0.119. The fraction of sp³-hybridized carbons (Fsp3) is 0.130. The summed E-state index contributed by atoms with van der Waals surface area (Å²) >= 11 is 7.84. The summed E-state index contributed by atoms with van der Waals surface area (Å²) in [5.74, 6) is -0.585. The molecule has 0 aliphatic rings. The van der Waals surface area contributed by atoms with Crippen LogP contribution in [0.5, 0.6) is 0 Å². The summed E-state index contributed by atoms with van der Waals surface area (Å²) in [5, 5.41) is 4.36. The third-order valence-corrected chi connectivity index (χ3v) is 7.52. The van der Waals surface area contributed by atoms with Gasteiger partial charge in [0.1, 0.15) is 6.54 Å². The minimum Gasteiger partial charge on any atom is -0.271 e. The van der Waals surface area contributed by atoms with E-state index in [-0.39, 0.29) is 10.6 Å². The molecule has 166 valence electrons. The van der Waals surface area contributed by atoms with Gasteiger partial charge in [0, 0.05) is 9.92 Å². The molecular weight excluding hydrogens is 466 g/mol. The van der Waals surface area contributed by atoms with Crippen molar-refractivity contribution in [3.8, 4) is 0 Å². The Morgan fingerprint density at radius 1 is 1.09 bits per heavy atom. The van der Waals surface area contributed by atoms with E-state index in [1.165, 1.54) is 24.4 Å². The maximum Gasteiger partial charge on any atom is 0.264 e. The van der Waals surface area contributed by atoms with E-state index in [4.69, 9.17) is 11.6 Å². The van der Waals surface area contributed by atoms with Crippen LogP contribution in [0.3, 0.4) is 0 Å². The molecule has 0 unspecified atom stereocenters. The molecule has 0 spiro atoms. The highest BCUT2D eigenvalue weighted by atomic mass is 35.5. The Labute approximate surface area is 197 Å². The molecule has 0 fully saturated rings. The first-order valence-corrected chi connectivity index (χ1v) is 12.7. The van der Waals surface area contributed by atoms with E-state index in [9.17, 15) is 13.2 Å². The van der Waals surface area contributed by atoms with Crippen molar-refractivity contribution in [1.82, 2.24) is 5.43 Å². The number of thioether (sulfide) groups is 1. The second-order valence-corrected chi connectivity index (χ2v) is 9.97. The van der Waals surface area contributed by atoms with Crippen LogP contribution >= 0.6 is 23.4 Å². The number of rotatable bonds is 8. The number of anilines is 1. The molecule has 1 amide bonds. The van der Waals surface area contributed by atoms with Crippen molar-refractivity contribution in [2.75, 3.05) is 17.1 Å². The van der Waals surface area contributed by atoms with Gasteiger partial charge in [-0.15, -0.1) is 11.8 Å². The minimum absolute atomic E-state index is 0.0712. The number of nitrogens with one attached hydrogen (secondary N) is 1. The number of hydrazone groups is 1. The van der Waals surface area contributed by atoms with Gasteiger partial charge in [-0.25, -0.2) is 13.8 Å². The standard InChI is InChI=1S/C23H22ClN3O3S2/c1-17-8-11-19(14-22(17)24)27(32(29,30)21-6-4-3-5-7-21)16-23(28)26-25-15-18-9-12-20(31-2)13-10-18/h3-15H,16H2,1-2H3,(H,26,28)/b25-15-. The fourth-order valence-corrected chi connectivity index (χ4v) is 4.82. The minimum atomic E-state index is -4.00. The highest BCUT2D eigenvalue weighted by molar-refractivity contribution is 7.98. The van der Waals surface area contributed by atoms with Gasteiger partial charge in [0.15, 0.2) is 0 Å². The van der Waals surface area contributed by atoms with Crippen LogP contribution in [-0.2, 0) is 14.8 Å². The second kappa shape index (κ2) is 10.7. The monoisotopic (exact) mass is 487 g/mol. The molecule has 3 rings (SSSR count). The molecule has 32 heavy (non-hydrogen) atoms. The molecule has 0 radical (unpaired) electrons. The molecule has 3 aromatic carbocycles. The van der Waals surface area contributed by atoms with E-state index in [1.807, 2.05) is 37.4 Å². The molecule has 0 heterocycles. The number of amides is 1. The lowest BCUT2D eigenvalue weighted by atomic mass is 10.2. The summed E-state index contributed by atoms with van der Waals surface area (Å²) in [6.45, 7) is 1.36. The Kier molecular flexibility index (Phi) is 7.95. The van der Waals surface area contributed by atoms with Crippen molar-refractivity contribution in [2.45, 2.75) is 16.7 Å². The number of sulfonamides is 1. The molecule has 0 saturated carbocycles. The Hall–Kier alpha value is -2.81. The number of hydrogen-bond donors (Lipinski definition) is 1. The highest BCUT2D eigenvalue weighted by Crippen LogP contribution is 2.27. The van der Waals surface area contributed by atoms with E-state index in [2.05, 4.69) is 10.5 Å². The van der Waals surface area contributed by atoms with E-state index < -0.39 is 22.5 Å². The summed E-state index contributed by atoms with van der Waals surface area (Å²) in [5.41, 5.74) is 4.29. The number of aryl methyl sites for hydroxylation is 1. The first kappa shape index (κ1) is 23.8. The molecule has 0 aromatic heterocycles. The van der Waals surface area contributed by atoms with Crippen molar-refractivity contribution in [3.05, 3.63) is 88.9 Å². The molecule has 0 aliphatic carbocycles. The van der Waals surface area contributed by atoms with Gasteiger partial charge in [-0.1, -0.05) is 48.0 Å². The number of benzene rings is 3. The number of halogens is 1. The molecule has 6 nitrogen and oxygen atoms in total. The fourth-order valence-electron chi connectivity index (χ4n) is 2.81. The summed E-state index contributed by atoms with van der Waals surface area (Å²) in [7, 11) is -4.00. The maximum absolute atomic E-state index is 13.3. The van der Waals surface area contributed by atoms with Crippen LogP contribution in [0.2, 0.25) is 5.02 Å². The van der Waals surface area contributed by atoms with Gasteiger partial charge in [-0.3, -0.25) is 9.10 Å². The van der Waals surface area contributed by atoms with Crippen LogP contribution in [-0.4, -0.2) is 33.3 Å². The zero-order chi connectivity index (χ0) is 23.1. The van der Waals surface area contributed by atoms with E-state index >= 15 is 0 Å². The van der Waals surface area contributed by atoms with Crippen LogP contribution in [0.1, 0.15) is 11.1 Å².